The Morgan fingerprint density at radius 2 is 2.05 bits per heavy atom. The van der Waals surface area contributed by atoms with Crippen LogP contribution in [0.5, 0.6) is 0 Å². The smallest absolute Gasteiger partial charge is 0.307 e. The Morgan fingerprint density at radius 3 is 2.67 bits per heavy atom. The molecule has 2 aromatic rings. The molecule has 114 valence electrons. The Labute approximate surface area is 125 Å². The molecule has 0 bridgehead atoms. The van der Waals surface area contributed by atoms with Crippen LogP contribution in [0.4, 0.5) is 0 Å². The normalized spacial score (nSPS) is 13.7. The minimum Gasteiger partial charge on any atom is -0.481 e. The van der Waals surface area contributed by atoms with Gasteiger partial charge >= 0.3 is 5.97 Å². The van der Waals surface area contributed by atoms with Crippen molar-refractivity contribution in [1.82, 2.24) is 14.6 Å². The molecule has 1 atom stereocenters. The first-order valence-electron chi connectivity index (χ1n) is 5.85. The Balaban J connectivity index is 2.45. The first kappa shape index (κ1) is 15.7. The zero-order valence-corrected chi connectivity index (χ0v) is 12.7. The highest BCUT2D eigenvalue weighted by Gasteiger charge is 2.28. The van der Waals surface area contributed by atoms with E-state index in [1.807, 2.05) is 0 Å². The van der Waals surface area contributed by atoms with Gasteiger partial charge in [-0.2, -0.15) is 0 Å². The average Bonchev–Trinajstić information content (AvgIpc) is 2.88. The minimum atomic E-state index is -3.93. The van der Waals surface area contributed by atoms with Gasteiger partial charge < -0.3 is 5.11 Å². The molecule has 1 unspecified atom stereocenters. The van der Waals surface area contributed by atoms with Gasteiger partial charge in [-0.3, -0.25) is 4.79 Å². The van der Waals surface area contributed by atoms with Gasteiger partial charge in [0.05, 0.1) is 10.9 Å². The van der Waals surface area contributed by atoms with E-state index in [2.05, 4.69) is 14.9 Å². The maximum Gasteiger partial charge on any atom is 0.307 e. The van der Waals surface area contributed by atoms with Gasteiger partial charge in [0.1, 0.15) is 4.90 Å². The number of sulfonamides is 1. The molecular weight excluding hydrogens is 322 g/mol. The molecule has 0 radical (unpaired) electrons. The first-order valence-corrected chi connectivity index (χ1v) is 7.67. The number of carboxylic acids is 1. The fraction of sp³-hybridized carbons (Fsp3) is 0.364. The van der Waals surface area contributed by atoms with Gasteiger partial charge in [-0.1, -0.05) is 18.5 Å². The Bertz CT molecular complexity index is 788. The number of rotatable bonds is 5. The van der Waals surface area contributed by atoms with Gasteiger partial charge in [-0.25, -0.2) is 17.4 Å². The summed E-state index contributed by atoms with van der Waals surface area (Å²) in [6, 6.07) is 2.65. The average molecular weight is 334 g/mol. The van der Waals surface area contributed by atoms with E-state index < -0.39 is 21.9 Å². The molecule has 10 heteroatoms. The molecule has 0 saturated heterocycles. The predicted molar refractivity (Wildman–Crippen MR) is 73.4 cm³/mol. The van der Waals surface area contributed by atoms with Gasteiger partial charge in [-0.05, 0) is 22.4 Å². The molecule has 0 fully saturated rings. The van der Waals surface area contributed by atoms with Crippen LogP contribution in [0.2, 0.25) is 5.02 Å². The lowest BCUT2D eigenvalue weighted by atomic mass is 10.2. The van der Waals surface area contributed by atoms with Crippen LogP contribution in [0.1, 0.15) is 6.92 Å². The first-order chi connectivity index (χ1) is 9.75. The number of aromatic nitrogens is 2. The third-order valence-corrected chi connectivity index (χ3v) is 5.13. The number of halogens is 1. The molecule has 0 aliphatic rings. The molecule has 1 heterocycles. The number of fused-ring (bicyclic) bond motifs is 1. The van der Waals surface area contributed by atoms with Crippen molar-refractivity contribution >= 4 is 38.6 Å². The number of aliphatic carboxylic acids is 1. The van der Waals surface area contributed by atoms with E-state index in [0.717, 1.165) is 4.31 Å². The van der Waals surface area contributed by atoms with E-state index in [0.29, 0.717) is 0 Å². The molecule has 8 nitrogen and oxygen atoms in total. The molecule has 1 N–H and O–H groups in total. The highest BCUT2D eigenvalue weighted by molar-refractivity contribution is 7.89. The summed E-state index contributed by atoms with van der Waals surface area (Å²) in [6.07, 6.45) is 0. The van der Waals surface area contributed by atoms with E-state index in [9.17, 15) is 13.2 Å². The van der Waals surface area contributed by atoms with Gasteiger partial charge in [0.25, 0.3) is 0 Å². The number of hydrogen-bond acceptors (Lipinski definition) is 6. The van der Waals surface area contributed by atoms with Gasteiger partial charge in [0.15, 0.2) is 11.0 Å². The summed E-state index contributed by atoms with van der Waals surface area (Å²) in [7, 11) is -2.64. The third kappa shape index (κ3) is 2.85. The van der Waals surface area contributed by atoms with E-state index in [1.54, 1.807) is 0 Å². The molecule has 2 rings (SSSR count). The summed E-state index contributed by atoms with van der Waals surface area (Å²) in [5, 5.41) is 16.2. The lowest BCUT2D eigenvalue weighted by Crippen LogP contribution is -2.33. The molecule has 0 saturated carbocycles. The number of carbonyl (C=O) groups is 1. The fourth-order valence-electron chi connectivity index (χ4n) is 1.75. The molecule has 0 aliphatic carbocycles. The quantitative estimate of drug-likeness (QED) is 0.874. The van der Waals surface area contributed by atoms with Crippen LogP contribution >= 0.6 is 11.6 Å². The number of carboxylic acid groups (broad SMARTS) is 1. The van der Waals surface area contributed by atoms with Crippen molar-refractivity contribution in [2.75, 3.05) is 13.6 Å². The van der Waals surface area contributed by atoms with Crippen LogP contribution in [0, 0.1) is 5.92 Å². The van der Waals surface area contributed by atoms with Crippen LogP contribution in [-0.4, -0.2) is 47.7 Å². The van der Waals surface area contributed by atoms with Crippen molar-refractivity contribution in [3.63, 3.8) is 0 Å². The van der Waals surface area contributed by atoms with Gasteiger partial charge in [-0.15, -0.1) is 0 Å². The SMILES string of the molecule is CC(CN(C)S(=O)(=O)c1ccc(Cl)c2nonc12)C(=O)O. The largest absolute Gasteiger partial charge is 0.481 e. The molecule has 1 aromatic carbocycles. The molecule has 0 spiro atoms. The van der Waals surface area contributed by atoms with Crippen LogP contribution < -0.4 is 0 Å². The van der Waals surface area contributed by atoms with E-state index >= 15 is 0 Å². The highest BCUT2D eigenvalue weighted by Crippen LogP contribution is 2.28. The van der Waals surface area contributed by atoms with Crippen molar-refractivity contribution in [2.24, 2.45) is 5.92 Å². The van der Waals surface area contributed by atoms with Crippen molar-refractivity contribution in [2.45, 2.75) is 11.8 Å². The second-order valence-corrected chi connectivity index (χ2v) is 6.95. The van der Waals surface area contributed by atoms with E-state index in [4.69, 9.17) is 16.7 Å². The molecular formula is C11H12ClN3O5S. The second kappa shape index (κ2) is 5.58. The van der Waals surface area contributed by atoms with Crippen LogP contribution in [0.15, 0.2) is 21.7 Å². The predicted octanol–water partition coefficient (Wildman–Crippen LogP) is 1.22. The molecule has 1 aromatic heterocycles. The topological polar surface area (TPSA) is 114 Å². The standard InChI is InChI=1S/C11H12ClN3O5S/c1-6(11(16)17)5-15(2)21(18,19)8-4-3-7(12)9-10(8)14-20-13-9/h3-4,6H,5H2,1-2H3,(H,16,17). The van der Waals surface area contributed by atoms with Gasteiger partial charge in [0, 0.05) is 13.6 Å². The Morgan fingerprint density at radius 1 is 1.43 bits per heavy atom. The van der Waals surface area contributed by atoms with Crippen molar-refractivity contribution in [3.05, 3.63) is 17.2 Å². The number of nitrogens with zero attached hydrogens (tertiary/aromatic N) is 3. The fourth-order valence-corrected chi connectivity index (χ4v) is 3.31. The summed E-state index contributed by atoms with van der Waals surface area (Å²) >= 11 is 5.88. The highest BCUT2D eigenvalue weighted by atomic mass is 35.5. The maximum atomic E-state index is 12.5. The Kier molecular flexibility index (Phi) is 4.17. The lowest BCUT2D eigenvalue weighted by molar-refractivity contribution is -0.141. The second-order valence-electron chi connectivity index (χ2n) is 4.53. The monoisotopic (exact) mass is 333 g/mol. The summed E-state index contributed by atoms with van der Waals surface area (Å²) in [5.74, 6) is -1.93. The van der Waals surface area contributed by atoms with Crippen molar-refractivity contribution in [1.29, 1.82) is 0 Å². The zero-order chi connectivity index (χ0) is 15.8. The van der Waals surface area contributed by atoms with Gasteiger partial charge in [0.2, 0.25) is 10.0 Å². The summed E-state index contributed by atoms with van der Waals surface area (Å²) in [5.41, 5.74) is 0.148. The maximum absolute atomic E-state index is 12.5. The third-order valence-electron chi connectivity index (χ3n) is 2.97. The molecule has 0 aliphatic heterocycles. The minimum absolute atomic E-state index is 0.0114. The zero-order valence-electron chi connectivity index (χ0n) is 11.1. The van der Waals surface area contributed by atoms with E-state index in [-0.39, 0.29) is 27.5 Å². The number of benzene rings is 1. The van der Waals surface area contributed by atoms with Crippen LogP contribution in [-0.2, 0) is 14.8 Å². The van der Waals surface area contributed by atoms with Crippen LogP contribution in [0.3, 0.4) is 0 Å². The summed E-state index contributed by atoms with van der Waals surface area (Å²) in [6.45, 7) is 1.25. The number of hydrogen-bond donors (Lipinski definition) is 1. The van der Waals surface area contributed by atoms with E-state index in [1.165, 1.54) is 26.1 Å². The van der Waals surface area contributed by atoms with Crippen molar-refractivity contribution in [3.8, 4) is 0 Å². The molecule has 0 amide bonds. The summed E-state index contributed by atoms with van der Waals surface area (Å²) in [4.78, 5) is 10.7. The molecule has 21 heavy (non-hydrogen) atoms. The van der Waals surface area contributed by atoms with Crippen LogP contribution in [0.25, 0.3) is 11.0 Å². The summed E-state index contributed by atoms with van der Waals surface area (Å²) < 4.78 is 30.5. The van der Waals surface area contributed by atoms with Crippen molar-refractivity contribution < 1.29 is 22.9 Å². The lowest BCUT2D eigenvalue weighted by Gasteiger charge is -2.19. The Hall–Kier alpha value is -1.71.